The van der Waals surface area contributed by atoms with Gasteiger partial charge in [-0.25, -0.2) is 9.59 Å². The molecular weight excluding hydrogens is 574 g/mol. The number of aromatic amines is 1. The maximum absolute atomic E-state index is 13.6. The summed E-state index contributed by atoms with van der Waals surface area (Å²) in [5, 5.41) is 3.76. The third kappa shape index (κ3) is 6.93. The van der Waals surface area contributed by atoms with Crippen molar-refractivity contribution in [3.63, 3.8) is 0 Å². The molecule has 3 saturated heterocycles. The molecule has 1 aromatic heterocycles. The molecule has 1 amide bonds. The van der Waals surface area contributed by atoms with Crippen LogP contribution < -0.4 is 22.3 Å². The lowest BCUT2D eigenvalue weighted by Gasteiger charge is -2.51. The molecule has 0 saturated carbocycles. The van der Waals surface area contributed by atoms with Crippen LogP contribution in [0.15, 0.2) is 60.8 Å². The number of alkyl carbamates (subject to hydrolysis) is 1. The second-order valence-corrected chi connectivity index (χ2v) is 12.0. The first-order chi connectivity index (χ1) is 18.6. The Morgan fingerprint density at radius 1 is 1.02 bits per heavy atom. The van der Waals surface area contributed by atoms with E-state index in [1.165, 1.54) is 0 Å². The maximum Gasteiger partial charge on any atom is 0.408 e. The lowest BCUT2D eigenvalue weighted by Crippen LogP contribution is -3.00. The van der Waals surface area contributed by atoms with Crippen LogP contribution in [0.4, 0.5) is 4.79 Å². The molecule has 0 unspecified atom stereocenters. The minimum atomic E-state index is -0.908. The van der Waals surface area contributed by atoms with Crippen molar-refractivity contribution in [1.29, 1.82) is 0 Å². The van der Waals surface area contributed by atoms with Crippen LogP contribution in [-0.2, 0) is 20.7 Å². The van der Waals surface area contributed by atoms with Gasteiger partial charge in [-0.05, 0) is 32.4 Å². The number of ketones is 1. The highest BCUT2D eigenvalue weighted by Gasteiger charge is 2.49. The van der Waals surface area contributed by atoms with Gasteiger partial charge in [-0.3, -0.25) is 4.79 Å². The van der Waals surface area contributed by atoms with Crippen molar-refractivity contribution in [2.45, 2.75) is 57.8 Å². The fourth-order valence-electron chi connectivity index (χ4n) is 5.99. The SMILES string of the molecule is CC(C)(C)OC(=O)N[C@@H](Cc1c[nH]c2ccccc12)C(=O)O[C@H]1C[N+]2(CC(=O)c3ccccc3)CCC1CC2.[Br-]. The number of nitrogens with one attached hydrogen (secondary N) is 2. The maximum atomic E-state index is 13.6. The number of ether oxygens (including phenoxy) is 2. The zero-order valence-corrected chi connectivity index (χ0v) is 24.9. The van der Waals surface area contributed by atoms with Gasteiger partial charge in [-0.15, -0.1) is 0 Å². The molecule has 0 aliphatic carbocycles. The number of aromatic nitrogens is 1. The third-order valence-corrected chi connectivity index (χ3v) is 7.96. The molecule has 3 aliphatic heterocycles. The average molecular weight is 613 g/mol. The molecular formula is C31H38BrN3O5. The largest absolute Gasteiger partial charge is 1.00 e. The van der Waals surface area contributed by atoms with Crippen LogP contribution in [-0.4, -0.2) is 71.2 Å². The Labute approximate surface area is 245 Å². The molecule has 8 nitrogen and oxygen atoms in total. The standard InChI is InChI=1S/C31H37N3O5.BrH/c1-31(2,3)39-30(37)33-26(17-23-18-32-25-12-8-7-11-24(23)25)29(36)38-28-20-34(15-13-22(28)14-16-34)19-27(35)21-9-5-4-6-10-21;/h4-12,18,22,26,28,32H,13-17,19-20H2,1-3H3;1H/t22?,26-,28-,34?;/m0./s1. The second kappa shape index (κ2) is 12.1. The number of halogens is 1. The summed E-state index contributed by atoms with van der Waals surface area (Å²) in [4.78, 5) is 42.6. The molecule has 3 fully saturated rings. The summed E-state index contributed by atoms with van der Waals surface area (Å²) in [6, 6.07) is 16.3. The second-order valence-electron chi connectivity index (χ2n) is 12.0. The van der Waals surface area contributed by atoms with Gasteiger partial charge in [0, 0.05) is 47.8 Å². The number of hydrogen-bond acceptors (Lipinski definition) is 5. The summed E-state index contributed by atoms with van der Waals surface area (Å²) in [6.07, 6.45) is 3.00. The Morgan fingerprint density at radius 2 is 1.70 bits per heavy atom. The van der Waals surface area contributed by atoms with Gasteiger partial charge in [0.2, 0.25) is 5.78 Å². The molecule has 3 aliphatic rings. The third-order valence-electron chi connectivity index (χ3n) is 7.96. The Balaban J connectivity index is 0.00000370. The number of nitrogens with zero attached hydrogens (tertiary/aromatic N) is 1. The van der Waals surface area contributed by atoms with Crippen LogP contribution in [0.3, 0.4) is 0 Å². The number of carbonyl (C=O) groups excluding carboxylic acids is 3. The predicted molar refractivity (Wildman–Crippen MR) is 148 cm³/mol. The molecule has 2 bridgehead atoms. The first kappa shape index (κ1) is 29.8. The fourth-order valence-corrected chi connectivity index (χ4v) is 5.99. The molecule has 40 heavy (non-hydrogen) atoms. The molecule has 0 spiro atoms. The zero-order chi connectivity index (χ0) is 27.6. The molecule has 2 aromatic carbocycles. The number of quaternary nitrogens is 1. The van der Waals surface area contributed by atoms with Crippen molar-refractivity contribution in [3.05, 3.63) is 71.9 Å². The van der Waals surface area contributed by atoms with Crippen LogP contribution in [0, 0.1) is 5.92 Å². The van der Waals surface area contributed by atoms with Crippen molar-refractivity contribution < 1.29 is 45.3 Å². The lowest BCUT2D eigenvalue weighted by atomic mass is 9.82. The number of piperidine rings is 3. The first-order valence-corrected chi connectivity index (χ1v) is 13.8. The van der Waals surface area contributed by atoms with E-state index in [9.17, 15) is 14.4 Å². The van der Waals surface area contributed by atoms with Gasteiger partial charge >= 0.3 is 12.1 Å². The van der Waals surface area contributed by atoms with Gasteiger partial charge in [0.25, 0.3) is 0 Å². The predicted octanol–water partition coefficient (Wildman–Crippen LogP) is 1.64. The quantitative estimate of drug-likeness (QED) is 0.229. The van der Waals surface area contributed by atoms with Crippen molar-refractivity contribution in [2.75, 3.05) is 26.2 Å². The highest BCUT2D eigenvalue weighted by atomic mass is 79.9. The van der Waals surface area contributed by atoms with Gasteiger partial charge in [0.05, 0.1) is 13.1 Å². The first-order valence-electron chi connectivity index (χ1n) is 13.8. The molecule has 2 N–H and O–H groups in total. The number of hydrogen-bond donors (Lipinski definition) is 2. The average Bonchev–Trinajstić information content (AvgIpc) is 3.31. The number of benzene rings is 2. The van der Waals surface area contributed by atoms with E-state index in [0.717, 1.165) is 42.4 Å². The number of rotatable bonds is 8. The van der Waals surface area contributed by atoms with Crippen molar-refractivity contribution in [1.82, 2.24) is 10.3 Å². The Hall–Kier alpha value is -3.17. The van der Waals surface area contributed by atoms with Gasteiger partial charge in [-0.1, -0.05) is 48.5 Å². The monoisotopic (exact) mass is 611 g/mol. The summed E-state index contributed by atoms with van der Waals surface area (Å²) < 4.78 is 12.2. The van der Waals surface area contributed by atoms with Gasteiger partial charge < -0.3 is 41.2 Å². The zero-order valence-electron chi connectivity index (χ0n) is 23.3. The number of esters is 1. The summed E-state index contributed by atoms with van der Waals surface area (Å²) >= 11 is 0. The normalized spacial score (nSPS) is 22.7. The Kier molecular flexibility index (Phi) is 9.05. The number of fused-ring (bicyclic) bond motifs is 4. The summed E-state index contributed by atoms with van der Waals surface area (Å²) in [5.74, 6) is -0.0988. The van der Waals surface area contributed by atoms with E-state index in [1.807, 2.05) is 60.8 Å². The molecule has 6 rings (SSSR count). The highest BCUT2D eigenvalue weighted by molar-refractivity contribution is 5.97. The minimum absolute atomic E-state index is 0. The van der Waals surface area contributed by atoms with Crippen molar-refractivity contribution >= 4 is 28.7 Å². The molecule has 4 heterocycles. The van der Waals surface area contributed by atoms with Crippen LogP contribution in [0.1, 0.15) is 49.5 Å². The summed E-state index contributed by atoms with van der Waals surface area (Å²) in [5.41, 5.74) is 1.89. The number of amides is 1. The number of carbonyl (C=O) groups is 3. The molecule has 0 radical (unpaired) electrons. The smallest absolute Gasteiger partial charge is 0.408 e. The molecule has 214 valence electrons. The van der Waals surface area contributed by atoms with Crippen molar-refractivity contribution in [3.8, 4) is 0 Å². The minimum Gasteiger partial charge on any atom is -1.00 e. The van der Waals surface area contributed by atoms with Crippen LogP contribution >= 0.6 is 0 Å². The van der Waals surface area contributed by atoms with E-state index in [4.69, 9.17) is 9.47 Å². The van der Waals surface area contributed by atoms with E-state index in [-0.39, 0.29) is 41.2 Å². The Bertz CT molecular complexity index is 1340. The summed E-state index contributed by atoms with van der Waals surface area (Å²) in [6.45, 7) is 8.19. The highest BCUT2D eigenvalue weighted by Crippen LogP contribution is 2.36. The Morgan fingerprint density at radius 3 is 2.40 bits per heavy atom. The van der Waals surface area contributed by atoms with Crippen molar-refractivity contribution in [2.24, 2.45) is 5.92 Å². The van der Waals surface area contributed by atoms with Gasteiger partial charge in [0.1, 0.15) is 24.7 Å². The van der Waals surface area contributed by atoms with Crippen LogP contribution in [0.5, 0.6) is 0 Å². The lowest BCUT2D eigenvalue weighted by molar-refractivity contribution is -0.938. The van der Waals surface area contributed by atoms with E-state index in [0.29, 0.717) is 23.1 Å². The van der Waals surface area contributed by atoms with Gasteiger partial charge in [0.15, 0.2) is 6.10 Å². The van der Waals surface area contributed by atoms with E-state index in [1.54, 1.807) is 20.8 Å². The molecule has 9 heteroatoms. The molecule has 2 atom stereocenters. The van der Waals surface area contributed by atoms with E-state index in [2.05, 4.69) is 10.3 Å². The fraction of sp³-hybridized carbons (Fsp3) is 0.452. The number of H-pyrrole nitrogens is 1. The molecule has 3 aromatic rings. The van der Waals surface area contributed by atoms with E-state index < -0.39 is 23.7 Å². The van der Waals surface area contributed by atoms with Crippen LogP contribution in [0.25, 0.3) is 10.9 Å². The number of para-hydroxylation sites is 1. The number of Topliss-reactive ketones (excluding diaryl/α,β-unsaturated/α-hetero) is 1. The van der Waals surface area contributed by atoms with Gasteiger partial charge in [-0.2, -0.15) is 0 Å². The van der Waals surface area contributed by atoms with Crippen LogP contribution in [0.2, 0.25) is 0 Å². The van der Waals surface area contributed by atoms with E-state index >= 15 is 0 Å². The summed E-state index contributed by atoms with van der Waals surface area (Å²) in [7, 11) is 0. The topological polar surface area (TPSA) is 97.5 Å².